The van der Waals surface area contributed by atoms with Crippen LogP contribution in [0, 0.1) is 11.7 Å². The average molecular weight is 866 g/mol. The van der Waals surface area contributed by atoms with Crippen molar-refractivity contribution in [3.05, 3.63) is 94.8 Å². The molecular weight excluding hydrogens is 802 g/mol. The van der Waals surface area contributed by atoms with E-state index in [4.69, 9.17) is 4.74 Å². The molecule has 1 saturated heterocycles. The van der Waals surface area contributed by atoms with E-state index in [9.17, 15) is 33.2 Å². The number of hydrogen-bond acceptors (Lipinski definition) is 7. The van der Waals surface area contributed by atoms with E-state index in [2.05, 4.69) is 16.0 Å². The minimum Gasteiger partial charge on any atom is -0.427 e. The van der Waals surface area contributed by atoms with Crippen molar-refractivity contribution >= 4 is 47.0 Å². The molecule has 2 atom stereocenters. The van der Waals surface area contributed by atoms with E-state index in [0.29, 0.717) is 36.1 Å². The summed E-state index contributed by atoms with van der Waals surface area (Å²) in [4.78, 5) is 80.5. The van der Waals surface area contributed by atoms with Crippen molar-refractivity contribution in [2.24, 2.45) is 5.92 Å². The molecule has 3 aromatic carbocycles. The van der Waals surface area contributed by atoms with Crippen molar-refractivity contribution in [1.82, 2.24) is 15.1 Å². The Morgan fingerprint density at radius 3 is 2.13 bits per heavy atom. The summed E-state index contributed by atoms with van der Waals surface area (Å²) in [5.74, 6) is -1.07. The quantitative estimate of drug-likeness (QED) is 0.0760. The number of nitrogens with one attached hydrogen (secondary N) is 3. The number of halogens is 1. The van der Waals surface area contributed by atoms with Crippen molar-refractivity contribution < 1.29 is 37.9 Å². The van der Waals surface area contributed by atoms with Crippen LogP contribution in [0.5, 0.6) is 0 Å². The molecule has 2 aliphatic carbocycles. The zero-order valence-corrected chi connectivity index (χ0v) is 37.0. The Morgan fingerprint density at radius 1 is 0.810 bits per heavy atom. The first-order valence-corrected chi connectivity index (χ1v) is 23.1. The molecule has 63 heavy (non-hydrogen) atoms. The van der Waals surface area contributed by atoms with Gasteiger partial charge in [0.1, 0.15) is 12.4 Å². The molecule has 3 aliphatic rings. The van der Waals surface area contributed by atoms with Gasteiger partial charge in [-0.15, -0.1) is 0 Å². The van der Waals surface area contributed by atoms with Gasteiger partial charge in [0.2, 0.25) is 29.2 Å². The molecule has 1 aliphatic heterocycles. The van der Waals surface area contributed by atoms with Gasteiger partial charge in [-0.25, -0.2) is 14.1 Å². The second-order valence-corrected chi connectivity index (χ2v) is 17.7. The molecule has 2 fully saturated rings. The molecule has 12 nitrogen and oxygen atoms in total. The van der Waals surface area contributed by atoms with E-state index in [-0.39, 0.29) is 43.7 Å². The Kier molecular flexibility index (Phi) is 16.9. The Hall–Kier alpha value is -5.59. The number of nitrogens with zero attached hydrogens (tertiary/aromatic N) is 2. The second kappa shape index (κ2) is 22.7. The topological polar surface area (TPSA) is 154 Å². The van der Waals surface area contributed by atoms with E-state index in [1.807, 2.05) is 24.3 Å². The summed E-state index contributed by atoms with van der Waals surface area (Å²) in [7, 11) is 0. The molecule has 6 amide bonds. The Morgan fingerprint density at radius 2 is 1.46 bits per heavy atom. The SMILES string of the molecule is CC(=O)Nc1ccc2c(c1)CC[C@@]21OC(=O)N(CC(=O)N(Cc2ccc(F)cc2)[C@@H](C)CNC(=O)CCc2ccc(NC(=O)CCCCCCCCCCCC3CCC3)cc2)C1=O. The number of aryl methyl sites for hydroxylation is 2. The molecule has 3 N–H and O–H groups in total. The van der Waals surface area contributed by atoms with Crippen LogP contribution in [-0.4, -0.2) is 64.6 Å². The van der Waals surface area contributed by atoms with Crippen LogP contribution in [-0.2, 0) is 53.7 Å². The maximum absolute atomic E-state index is 14.0. The largest absolute Gasteiger partial charge is 0.427 e. The Bertz CT molecular complexity index is 2070. The highest BCUT2D eigenvalue weighted by Crippen LogP contribution is 2.46. The molecular formula is C50H64FN5O7. The van der Waals surface area contributed by atoms with Crippen LogP contribution in [0.1, 0.15) is 139 Å². The van der Waals surface area contributed by atoms with Crippen molar-refractivity contribution in [3.63, 3.8) is 0 Å². The summed E-state index contributed by atoms with van der Waals surface area (Å²) in [6, 6.07) is 17.6. The van der Waals surface area contributed by atoms with Gasteiger partial charge in [-0.2, -0.15) is 0 Å². The summed E-state index contributed by atoms with van der Waals surface area (Å²) in [6.45, 7) is 2.68. The Labute approximate surface area is 371 Å². The molecule has 0 aromatic heterocycles. The summed E-state index contributed by atoms with van der Waals surface area (Å²) >= 11 is 0. The second-order valence-electron chi connectivity index (χ2n) is 17.7. The number of imide groups is 1. The maximum atomic E-state index is 14.0. The lowest BCUT2D eigenvalue weighted by Crippen LogP contribution is -2.50. The van der Waals surface area contributed by atoms with Crippen LogP contribution in [0.3, 0.4) is 0 Å². The van der Waals surface area contributed by atoms with Crippen molar-refractivity contribution in [1.29, 1.82) is 0 Å². The lowest BCUT2D eigenvalue weighted by atomic mass is 9.81. The van der Waals surface area contributed by atoms with Gasteiger partial charge in [0.25, 0.3) is 5.91 Å². The molecule has 338 valence electrons. The summed E-state index contributed by atoms with van der Waals surface area (Å²) in [5.41, 5.74) is 2.54. The number of ether oxygens (including phenoxy) is 1. The van der Waals surface area contributed by atoms with Gasteiger partial charge in [-0.1, -0.05) is 107 Å². The van der Waals surface area contributed by atoms with Crippen LogP contribution < -0.4 is 16.0 Å². The summed E-state index contributed by atoms with van der Waals surface area (Å²) in [6.07, 6.45) is 17.7. The number of amides is 6. The lowest BCUT2D eigenvalue weighted by molar-refractivity contribution is -0.143. The molecule has 0 bridgehead atoms. The Balaban J connectivity index is 0.923. The summed E-state index contributed by atoms with van der Waals surface area (Å²) in [5, 5.41) is 8.60. The van der Waals surface area contributed by atoms with Crippen LogP contribution in [0.25, 0.3) is 0 Å². The molecule has 0 unspecified atom stereocenters. The van der Waals surface area contributed by atoms with Gasteiger partial charge in [0, 0.05) is 62.3 Å². The third-order valence-corrected chi connectivity index (χ3v) is 12.8. The average Bonchev–Trinajstić information content (AvgIpc) is 3.72. The number of rotatable bonds is 24. The number of benzene rings is 3. The van der Waals surface area contributed by atoms with E-state index < -0.39 is 41.9 Å². The number of unbranched alkanes of at least 4 members (excludes halogenated alkanes) is 8. The van der Waals surface area contributed by atoms with Gasteiger partial charge in [0.15, 0.2) is 0 Å². The molecule has 13 heteroatoms. The fourth-order valence-corrected chi connectivity index (χ4v) is 8.87. The van der Waals surface area contributed by atoms with Crippen LogP contribution in [0.2, 0.25) is 0 Å². The first kappa shape index (κ1) is 46.9. The predicted octanol–water partition coefficient (Wildman–Crippen LogP) is 9.10. The highest BCUT2D eigenvalue weighted by atomic mass is 19.1. The van der Waals surface area contributed by atoms with Gasteiger partial charge in [0.05, 0.1) is 0 Å². The minimum atomic E-state index is -1.57. The molecule has 1 heterocycles. The number of carbonyl (C=O) groups excluding carboxylic acids is 6. The molecule has 1 saturated carbocycles. The van der Waals surface area contributed by atoms with Crippen LogP contribution in [0.4, 0.5) is 20.6 Å². The van der Waals surface area contributed by atoms with E-state index in [0.717, 1.165) is 40.5 Å². The highest BCUT2D eigenvalue weighted by molar-refractivity contribution is 6.06. The van der Waals surface area contributed by atoms with E-state index in [1.54, 1.807) is 37.3 Å². The molecule has 0 radical (unpaired) electrons. The van der Waals surface area contributed by atoms with Crippen molar-refractivity contribution in [3.8, 4) is 0 Å². The molecule has 6 rings (SSSR count). The first-order valence-electron chi connectivity index (χ1n) is 23.1. The smallest absolute Gasteiger partial charge is 0.418 e. The van der Waals surface area contributed by atoms with Crippen LogP contribution in [0.15, 0.2) is 66.7 Å². The van der Waals surface area contributed by atoms with E-state index in [1.165, 1.54) is 94.6 Å². The number of hydrogen-bond donors (Lipinski definition) is 3. The zero-order valence-electron chi connectivity index (χ0n) is 37.0. The van der Waals surface area contributed by atoms with Crippen molar-refractivity contribution in [2.45, 2.75) is 148 Å². The normalized spacial score (nSPS) is 17.2. The monoisotopic (exact) mass is 865 g/mol. The van der Waals surface area contributed by atoms with Gasteiger partial charge in [-0.05, 0) is 85.2 Å². The number of carbonyl (C=O) groups is 6. The summed E-state index contributed by atoms with van der Waals surface area (Å²) < 4.78 is 19.5. The standard InChI is InChI=1S/C50H64FN5O7/c1-35(32-52-45(58)28-21-38-19-24-42(25-20-38)54-46(59)16-11-9-7-5-3-4-6-8-10-13-37-14-12-15-37)55(33-39-17-22-41(51)23-18-39)47(60)34-56-48(61)50(63-49(56)62)30-29-40-31-43(53-36(2)57)26-27-44(40)50/h17-20,22-27,31,35,37H,3-16,21,28-30,32-34H2,1-2H3,(H,52,58)(H,53,57)(H,54,59)/t35-,50+/m0/s1. The molecule has 3 aromatic rings. The van der Waals surface area contributed by atoms with Crippen molar-refractivity contribution in [2.75, 3.05) is 23.7 Å². The van der Waals surface area contributed by atoms with E-state index >= 15 is 0 Å². The zero-order chi connectivity index (χ0) is 44.8. The van der Waals surface area contributed by atoms with Crippen LogP contribution >= 0.6 is 0 Å². The highest BCUT2D eigenvalue weighted by Gasteiger charge is 2.58. The fourth-order valence-electron chi connectivity index (χ4n) is 8.87. The predicted molar refractivity (Wildman–Crippen MR) is 240 cm³/mol. The van der Waals surface area contributed by atoms with Gasteiger partial charge in [-0.3, -0.25) is 24.0 Å². The van der Waals surface area contributed by atoms with Gasteiger partial charge >= 0.3 is 6.09 Å². The molecule has 1 spiro atoms. The third-order valence-electron chi connectivity index (χ3n) is 12.8. The lowest BCUT2D eigenvalue weighted by Gasteiger charge is -2.31. The van der Waals surface area contributed by atoms with Gasteiger partial charge < -0.3 is 25.6 Å². The third kappa shape index (κ3) is 13.2. The first-order chi connectivity index (χ1) is 30.4. The fraction of sp³-hybridized carbons (Fsp3) is 0.520. The maximum Gasteiger partial charge on any atom is 0.418 e. The number of anilines is 2. The number of fused-ring (bicyclic) bond motifs is 2. The minimum absolute atomic E-state index is 0.00406.